The van der Waals surface area contributed by atoms with Crippen molar-refractivity contribution < 1.29 is 13.5 Å². The Kier molecular flexibility index (Phi) is 4.73. The van der Waals surface area contributed by atoms with E-state index in [0.717, 1.165) is 17.2 Å². The summed E-state index contributed by atoms with van der Waals surface area (Å²) in [7, 11) is 0. The zero-order chi connectivity index (χ0) is 14.7. The molecule has 20 heavy (non-hydrogen) atoms. The molecule has 5 heteroatoms. The molecule has 0 saturated heterocycles. The monoisotopic (exact) mass is 341 g/mol. The van der Waals surface area contributed by atoms with Crippen LogP contribution in [0.2, 0.25) is 0 Å². The summed E-state index contributed by atoms with van der Waals surface area (Å²) in [6.07, 6.45) is -0.528. The average molecular weight is 342 g/mol. The van der Waals surface area contributed by atoms with Crippen LogP contribution in [0.4, 0.5) is 8.78 Å². The Labute approximate surface area is 124 Å². The number of rotatable bonds is 4. The van der Waals surface area contributed by atoms with Gasteiger partial charge in [0, 0.05) is 11.0 Å². The fourth-order valence-corrected chi connectivity index (χ4v) is 2.37. The van der Waals surface area contributed by atoms with Crippen molar-refractivity contribution in [2.24, 2.45) is 5.73 Å². The quantitative estimate of drug-likeness (QED) is 0.849. The van der Waals surface area contributed by atoms with Crippen molar-refractivity contribution in [1.82, 2.24) is 0 Å². The number of aryl methyl sites for hydroxylation is 1. The van der Waals surface area contributed by atoms with Gasteiger partial charge in [0.2, 0.25) is 5.82 Å². The number of benzene rings is 2. The molecule has 0 aromatic heterocycles. The second kappa shape index (κ2) is 6.33. The van der Waals surface area contributed by atoms with Crippen LogP contribution in [0.1, 0.15) is 17.2 Å². The van der Waals surface area contributed by atoms with Crippen LogP contribution < -0.4 is 10.5 Å². The second-order valence-corrected chi connectivity index (χ2v) is 5.31. The van der Waals surface area contributed by atoms with Gasteiger partial charge in [0.15, 0.2) is 11.6 Å². The third-order valence-electron chi connectivity index (χ3n) is 2.98. The topological polar surface area (TPSA) is 35.2 Å². The van der Waals surface area contributed by atoms with E-state index in [-0.39, 0.29) is 12.3 Å². The molecule has 0 bridgehead atoms. The molecule has 0 fully saturated rings. The van der Waals surface area contributed by atoms with Gasteiger partial charge in [0.05, 0.1) is 0 Å². The molecule has 0 aliphatic heterocycles. The van der Waals surface area contributed by atoms with Crippen LogP contribution >= 0.6 is 15.9 Å². The smallest absolute Gasteiger partial charge is 0.200 e. The summed E-state index contributed by atoms with van der Waals surface area (Å²) in [4.78, 5) is 0. The minimum absolute atomic E-state index is 0.157. The Morgan fingerprint density at radius 2 is 1.95 bits per heavy atom. The molecule has 2 nitrogen and oxygen atoms in total. The fraction of sp³-hybridized carbons (Fsp3) is 0.200. The van der Waals surface area contributed by atoms with E-state index in [2.05, 4.69) is 15.9 Å². The van der Waals surface area contributed by atoms with E-state index in [1.807, 2.05) is 31.2 Å². The standard InChI is InChI=1S/C15H14BrF2NO/c1-9-4-2-3-5-11(9)14(8-19)20-13-7-10(16)6-12(17)15(13)18/h2-7,14H,8,19H2,1H3. The van der Waals surface area contributed by atoms with Gasteiger partial charge in [-0.05, 0) is 30.2 Å². The lowest BCUT2D eigenvalue weighted by atomic mass is 10.0. The lowest BCUT2D eigenvalue weighted by Crippen LogP contribution is -2.20. The fourth-order valence-electron chi connectivity index (χ4n) is 1.96. The maximum atomic E-state index is 13.7. The zero-order valence-electron chi connectivity index (χ0n) is 10.9. The molecule has 1 unspecified atom stereocenters. The maximum absolute atomic E-state index is 13.7. The Bertz CT molecular complexity index is 619. The van der Waals surface area contributed by atoms with Crippen LogP contribution in [0, 0.1) is 18.6 Å². The van der Waals surface area contributed by atoms with Crippen molar-refractivity contribution >= 4 is 15.9 Å². The molecule has 0 spiro atoms. The highest BCUT2D eigenvalue weighted by atomic mass is 79.9. The highest BCUT2D eigenvalue weighted by molar-refractivity contribution is 9.10. The first-order valence-corrected chi connectivity index (χ1v) is 6.89. The number of ether oxygens (including phenoxy) is 1. The lowest BCUT2D eigenvalue weighted by Gasteiger charge is -2.20. The molecule has 0 radical (unpaired) electrons. The van der Waals surface area contributed by atoms with E-state index in [9.17, 15) is 8.78 Å². The molecular formula is C15H14BrF2NO. The maximum Gasteiger partial charge on any atom is 0.200 e. The van der Waals surface area contributed by atoms with E-state index in [1.54, 1.807) is 0 Å². The van der Waals surface area contributed by atoms with Crippen LogP contribution in [0.15, 0.2) is 40.9 Å². The van der Waals surface area contributed by atoms with Crippen molar-refractivity contribution in [3.05, 3.63) is 63.6 Å². The van der Waals surface area contributed by atoms with Gasteiger partial charge in [0.1, 0.15) is 6.10 Å². The molecule has 0 amide bonds. The van der Waals surface area contributed by atoms with Crippen LogP contribution in [0.3, 0.4) is 0 Å². The SMILES string of the molecule is Cc1ccccc1C(CN)Oc1cc(Br)cc(F)c1F. The van der Waals surface area contributed by atoms with Crippen molar-refractivity contribution in [3.63, 3.8) is 0 Å². The molecule has 106 valence electrons. The molecule has 0 saturated carbocycles. The average Bonchev–Trinajstić information content (AvgIpc) is 2.42. The molecule has 2 aromatic rings. The van der Waals surface area contributed by atoms with Crippen LogP contribution in [-0.2, 0) is 0 Å². The van der Waals surface area contributed by atoms with Crippen LogP contribution in [-0.4, -0.2) is 6.54 Å². The Hall–Kier alpha value is -1.46. The molecule has 1 atom stereocenters. The van der Waals surface area contributed by atoms with Crippen LogP contribution in [0.5, 0.6) is 5.75 Å². The van der Waals surface area contributed by atoms with E-state index in [1.165, 1.54) is 6.07 Å². The van der Waals surface area contributed by atoms with E-state index >= 15 is 0 Å². The van der Waals surface area contributed by atoms with Gasteiger partial charge >= 0.3 is 0 Å². The minimum Gasteiger partial charge on any atom is -0.481 e. The van der Waals surface area contributed by atoms with Crippen molar-refractivity contribution in [2.45, 2.75) is 13.0 Å². The first kappa shape index (κ1) is 14.9. The Morgan fingerprint density at radius 3 is 2.60 bits per heavy atom. The highest BCUT2D eigenvalue weighted by Crippen LogP contribution is 2.30. The summed E-state index contributed by atoms with van der Waals surface area (Å²) in [5.41, 5.74) is 7.54. The molecule has 0 aliphatic rings. The lowest BCUT2D eigenvalue weighted by molar-refractivity contribution is 0.201. The summed E-state index contributed by atoms with van der Waals surface area (Å²) in [6, 6.07) is 9.96. The van der Waals surface area contributed by atoms with Gasteiger partial charge in [0.25, 0.3) is 0 Å². The Balaban J connectivity index is 2.34. The molecule has 0 aliphatic carbocycles. The minimum atomic E-state index is -1.01. The summed E-state index contributed by atoms with van der Waals surface area (Å²) in [5, 5.41) is 0. The van der Waals surface area contributed by atoms with Crippen molar-refractivity contribution in [1.29, 1.82) is 0 Å². The first-order valence-electron chi connectivity index (χ1n) is 6.09. The van der Waals surface area contributed by atoms with Crippen molar-refractivity contribution in [2.75, 3.05) is 6.54 Å². The van der Waals surface area contributed by atoms with Gasteiger partial charge in [-0.25, -0.2) is 4.39 Å². The van der Waals surface area contributed by atoms with Gasteiger partial charge in [-0.1, -0.05) is 40.2 Å². The first-order chi connectivity index (χ1) is 9.52. The number of hydrogen-bond acceptors (Lipinski definition) is 2. The third-order valence-corrected chi connectivity index (χ3v) is 3.44. The zero-order valence-corrected chi connectivity index (χ0v) is 12.5. The van der Waals surface area contributed by atoms with Gasteiger partial charge in [-0.15, -0.1) is 0 Å². The van der Waals surface area contributed by atoms with E-state index in [4.69, 9.17) is 10.5 Å². The third kappa shape index (κ3) is 3.16. The normalized spacial score (nSPS) is 12.2. The van der Waals surface area contributed by atoms with E-state index < -0.39 is 17.7 Å². The van der Waals surface area contributed by atoms with Gasteiger partial charge in [-0.3, -0.25) is 0 Å². The van der Waals surface area contributed by atoms with Gasteiger partial charge in [-0.2, -0.15) is 4.39 Å². The van der Waals surface area contributed by atoms with Crippen LogP contribution in [0.25, 0.3) is 0 Å². The number of halogens is 3. The highest BCUT2D eigenvalue weighted by Gasteiger charge is 2.18. The predicted molar refractivity (Wildman–Crippen MR) is 77.7 cm³/mol. The second-order valence-electron chi connectivity index (χ2n) is 4.40. The summed E-state index contributed by atoms with van der Waals surface area (Å²) >= 11 is 3.11. The number of hydrogen-bond donors (Lipinski definition) is 1. The summed E-state index contributed by atoms with van der Waals surface area (Å²) < 4.78 is 33.1. The van der Waals surface area contributed by atoms with Crippen molar-refractivity contribution in [3.8, 4) is 5.75 Å². The molecule has 2 N–H and O–H groups in total. The largest absolute Gasteiger partial charge is 0.481 e. The predicted octanol–water partition coefficient (Wildman–Crippen LogP) is 4.11. The molecule has 2 rings (SSSR count). The Morgan fingerprint density at radius 1 is 1.25 bits per heavy atom. The number of nitrogens with two attached hydrogens (primary N) is 1. The summed E-state index contributed by atoms with van der Waals surface area (Å²) in [5.74, 6) is -2.13. The molecule has 0 heterocycles. The van der Waals surface area contributed by atoms with Gasteiger partial charge < -0.3 is 10.5 Å². The van der Waals surface area contributed by atoms with E-state index in [0.29, 0.717) is 4.47 Å². The summed E-state index contributed by atoms with van der Waals surface area (Å²) in [6.45, 7) is 2.08. The molecular weight excluding hydrogens is 328 g/mol. The molecule has 2 aromatic carbocycles.